The van der Waals surface area contributed by atoms with Gasteiger partial charge in [0.1, 0.15) is 0 Å². The van der Waals surface area contributed by atoms with E-state index in [-0.39, 0.29) is 23.9 Å². The molecule has 2 amide bonds. The highest BCUT2D eigenvalue weighted by Gasteiger charge is 2.48. The lowest BCUT2D eigenvalue weighted by molar-refractivity contribution is -0.144. The molecule has 2 rings (SSSR count). The average molecular weight is 224 g/mol. The van der Waals surface area contributed by atoms with Gasteiger partial charge in [0.05, 0.1) is 11.5 Å². The van der Waals surface area contributed by atoms with Crippen LogP contribution in [0.5, 0.6) is 0 Å². The van der Waals surface area contributed by atoms with Crippen LogP contribution >= 0.6 is 0 Å². The molecule has 16 heavy (non-hydrogen) atoms. The number of amides is 2. The molecule has 1 aliphatic carbocycles. The van der Waals surface area contributed by atoms with Crippen molar-refractivity contribution in [2.24, 2.45) is 11.1 Å². The van der Waals surface area contributed by atoms with Gasteiger partial charge in [-0.2, -0.15) is 0 Å². The highest BCUT2D eigenvalue weighted by molar-refractivity contribution is 6.05. The number of nitrogens with zero attached hydrogens (tertiary/aromatic N) is 1. The lowest BCUT2D eigenvalue weighted by atomic mass is 9.89. The first kappa shape index (κ1) is 11.6. The number of rotatable bonds is 1. The van der Waals surface area contributed by atoms with Crippen LogP contribution in [0.4, 0.5) is 0 Å². The summed E-state index contributed by atoms with van der Waals surface area (Å²) in [5.41, 5.74) is 5.49. The molecule has 90 valence electrons. The molecular weight excluding hydrogens is 204 g/mol. The van der Waals surface area contributed by atoms with E-state index in [0.717, 1.165) is 25.7 Å². The summed E-state index contributed by atoms with van der Waals surface area (Å²) in [4.78, 5) is 25.5. The molecule has 0 bridgehead atoms. The minimum absolute atomic E-state index is 0.0319. The Hall–Kier alpha value is -0.900. The van der Waals surface area contributed by atoms with Crippen LogP contribution < -0.4 is 5.73 Å². The van der Waals surface area contributed by atoms with E-state index >= 15 is 0 Å². The predicted octanol–water partition coefficient (Wildman–Crippen LogP) is 1.04. The zero-order chi connectivity index (χ0) is 11.9. The van der Waals surface area contributed by atoms with Crippen LogP contribution in [0, 0.1) is 5.41 Å². The zero-order valence-electron chi connectivity index (χ0n) is 10.0. The van der Waals surface area contributed by atoms with Crippen molar-refractivity contribution in [3.8, 4) is 0 Å². The van der Waals surface area contributed by atoms with Crippen molar-refractivity contribution in [3.63, 3.8) is 0 Å². The summed E-state index contributed by atoms with van der Waals surface area (Å²) in [6, 6.07) is -0.0916. The van der Waals surface area contributed by atoms with E-state index in [0.29, 0.717) is 6.42 Å². The average Bonchev–Trinajstić information content (AvgIpc) is 2.39. The van der Waals surface area contributed by atoms with Crippen LogP contribution in [-0.2, 0) is 9.59 Å². The fourth-order valence-corrected chi connectivity index (χ4v) is 2.77. The van der Waals surface area contributed by atoms with E-state index in [1.54, 1.807) is 0 Å². The molecule has 1 saturated heterocycles. The molecular formula is C12H20N2O2. The third-order valence-corrected chi connectivity index (χ3v) is 3.77. The van der Waals surface area contributed by atoms with E-state index in [1.165, 1.54) is 4.90 Å². The Balaban J connectivity index is 2.20. The topological polar surface area (TPSA) is 63.4 Å². The minimum Gasteiger partial charge on any atom is -0.326 e. The van der Waals surface area contributed by atoms with Crippen LogP contribution in [0.25, 0.3) is 0 Å². The number of carbonyl (C=O) groups excluding carboxylic acids is 2. The Morgan fingerprint density at radius 3 is 2.38 bits per heavy atom. The van der Waals surface area contributed by atoms with E-state index in [4.69, 9.17) is 5.73 Å². The van der Waals surface area contributed by atoms with E-state index in [1.807, 2.05) is 13.8 Å². The first-order chi connectivity index (χ1) is 7.43. The van der Waals surface area contributed by atoms with Gasteiger partial charge in [0.25, 0.3) is 0 Å². The first-order valence-electron chi connectivity index (χ1n) is 6.05. The van der Waals surface area contributed by atoms with Gasteiger partial charge in [0.15, 0.2) is 0 Å². The van der Waals surface area contributed by atoms with Crippen LogP contribution in [0.1, 0.15) is 46.0 Å². The fraction of sp³-hybridized carbons (Fsp3) is 0.833. The summed E-state index contributed by atoms with van der Waals surface area (Å²) in [5.74, 6) is -0.0859. The molecule has 4 nitrogen and oxygen atoms in total. The number of likely N-dealkylation sites (tertiary alicyclic amines) is 1. The molecule has 1 heterocycles. The highest BCUT2D eigenvalue weighted by Crippen LogP contribution is 2.35. The van der Waals surface area contributed by atoms with Gasteiger partial charge in [0.2, 0.25) is 11.8 Å². The van der Waals surface area contributed by atoms with Crippen LogP contribution in [0.15, 0.2) is 0 Å². The maximum atomic E-state index is 12.1. The van der Waals surface area contributed by atoms with Crippen molar-refractivity contribution >= 4 is 11.8 Å². The Morgan fingerprint density at radius 1 is 1.25 bits per heavy atom. The SMILES string of the molecule is CC1(C)CC(=O)N(C2CCCCC2N)C1=O. The molecule has 2 atom stereocenters. The molecule has 1 saturated carbocycles. The number of hydrogen-bond acceptors (Lipinski definition) is 3. The van der Waals surface area contributed by atoms with Gasteiger partial charge in [-0.3, -0.25) is 14.5 Å². The van der Waals surface area contributed by atoms with Crippen LogP contribution in [0.2, 0.25) is 0 Å². The summed E-state index contributed by atoms with van der Waals surface area (Å²) in [7, 11) is 0. The standard InChI is InChI=1S/C12H20N2O2/c1-12(2)7-10(15)14(11(12)16)9-6-4-3-5-8(9)13/h8-9H,3-7,13H2,1-2H3. The number of imide groups is 1. The first-order valence-corrected chi connectivity index (χ1v) is 6.05. The van der Waals surface area contributed by atoms with Crippen LogP contribution in [0.3, 0.4) is 0 Å². The molecule has 0 aromatic heterocycles. The third kappa shape index (κ3) is 1.75. The maximum Gasteiger partial charge on any atom is 0.235 e. The van der Waals surface area contributed by atoms with Crippen LogP contribution in [-0.4, -0.2) is 28.8 Å². The maximum absolute atomic E-state index is 12.1. The zero-order valence-corrected chi connectivity index (χ0v) is 10.0. The third-order valence-electron chi connectivity index (χ3n) is 3.77. The Kier molecular flexibility index (Phi) is 2.78. The molecule has 4 heteroatoms. The monoisotopic (exact) mass is 224 g/mol. The second-order valence-electron chi connectivity index (χ2n) is 5.65. The van der Waals surface area contributed by atoms with Gasteiger partial charge < -0.3 is 5.73 Å². The molecule has 1 aliphatic heterocycles. The van der Waals surface area contributed by atoms with E-state index in [9.17, 15) is 9.59 Å². The van der Waals surface area contributed by atoms with Gasteiger partial charge in [-0.1, -0.05) is 26.7 Å². The number of nitrogens with two attached hydrogens (primary N) is 1. The lowest BCUT2D eigenvalue weighted by Gasteiger charge is -2.35. The summed E-state index contributed by atoms with van der Waals surface area (Å²) >= 11 is 0. The molecule has 2 unspecified atom stereocenters. The van der Waals surface area contributed by atoms with Gasteiger partial charge >= 0.3 is 0 Å². The van der Waals surface area contributed by atoms with Crippen molar-refractivity contribution in [1.29, 1.82) is 0 Å². The quantitative estimate of drug-likeness (QED) is 0.677. The summed E-state index contributed by atoms with van der Waals surface area (Å²) in [6.45, 7) is 3.67. The highest BCUT2D eigenvalue weighted by atomic mass is 16.2. The molecule has 0 radical (unpaired) electrons. The minimum atomic E-state index is -0.533. The fourth-order valence-electron chi connectivity index (χ4n) is 2.77. The lowest BCUT2D eigenvalue weighted by Crippen LogP contribution is -2.52. The summed E-state index contributed by atoms with van der Waals surface area (Å²) < 4.78 is 0. The van der Waals surface area contributed by atoms with Gasteiger partial charge in [0, 0.05) is 12.5 Å². The second kappa shape index (κ2) is 3.84. The van der Waals surface area contributed by atoms with Crippen molar-refractivity contribution in [2.75, 3.05) is 0 Å². The summed E-state index contributed by atoms with van der Waals surface area (Å²) in [5, 5.41) is 0. The molecule has 2 aliphatic rings. The van der Waals surface area contributed by atoms with Crippen molar-refractivity contribution < 1.29 is 9.59 Å². The smallest absolute Gasteiger partial charge is 0.235 e. The Morgan fingerprint density at radius 2 is 1.88 bits per heavy atom. The normalized spacial score (nSPS) is 34.6. The van der Waals surface area contributed by atoms with Gasteiger partial charge in [-0.15, -0.1) is 0 Å². The molecule has 0 aromatic carbocycles. The number of hydrogen-bond donors (Lipinski definition) is 1. The van der Waals surface area contributed by atoms with Gasteiger partial charge in [-0.25, -0.2) is 0 Å². The second-order valence-corrected chi connectivity index (χ2v) is 5.65. The van der Waals surface area contributed by atoms with Crippen molar-refractivity contribution in [1.82, 2.24) is 4.90 Å². The summed E-state index contributed by atoms with van der Waals surface area (Å²) in [6.07, 6.45) is 4.29. The predicted molar refractivity (Wildman–Crippen MR) is 60.5 cm³/mol. The molecule has 2 fully saturated rings. The Labute approximate surface area is 96.2 Å². The van der Waals surface area contributed by atoms with E-state index in [2.05, 4.69) is 0 Å². The van der Waals surface area contributed by atoms with Gasteiger partial charge in [-0.05, 0) is 12.8 Å². The molecule has 2 N–H and O–H groups in total. The molecule has 0 spiro atoms. The van der Waals surface area contributed by atoms with Crippen molar-refractivity contribution in [2.45, 2.75) is 58.0 Å². The van der Waals surface area contributed by atoms with Crippen molar-refractivity contribution in [3.05, 3.63) is 0 Å². The number of carbonyl (C=O) groups is 2. The molecule has 0 aromatic rings. The van der Waals surface area contributed by atoms with E-state index < -0.39 is 5.41 Å². The largest absolute Gasteiger partial charge is 0.326 e. The Bertz CT molecular complexity index is 325.